The highest BCUT2D eigenvalue weighted by molar-refractivity contribution is 7.90. The van der Waals surface area contributed by atoms with E-state index in [-0.39, 0.29) is 11.3 Å². The molecule has 2 aliphatic rings. The van der Waals surface area contributed by atoms with E-state index in [1.807, 2.05) is 16.9 Å². The molecule has 0 amide bonds. The van der Waals surface area contributed by atoms with Gasteiger partial charge in [-0.1, -0.05) is 0 Å². The molecule has 0 radical (unpaired) electrons. The maximum absolute atomic E-state index is 12.5. The first-order chi connectivity index (χ1) is 17.4. The Labute approximate surface area is 208 Å². The van der Waals surface area contributed by atoms with Gasteiger partial charge >= 0.3 is 0 Å². The average Bonchev–Trinajstić information content (AvgIpc) is 3.50. The van der Waals surface area contributed by atoms with Crippen molar-refractivity contribution in [2.75, 3.05) is 36.4 Å². The Balaban J connectivity index is 1.28. The molecule has 2 N–H and O–H groups in total. The highest BCUT2D eigenvalue weighted by Gasteiger charge is 2.37. The number of aromatic nitrogens is 7. The lowest BCUT2D eigenvalue weighted by molar-refractivity contribution is 0.538. The van der Waals surface area contributed by atoms with Crippen LogP contribution < -0.4 is 15.5 Å². The molecule has 2 fully saturated rings. The molecule has 12 nitrogen and oxygen atoms in total. The first-order valence-electron chi connectivity index (χ1n) is 12.1. The van der Waals surface area contributed by atoms with Crippen LogP contribution in [0.5, 0.6) is 0 Å². The number of fused-ring (bicyclic) bond motifs is 1. The molecule has 188 valence electrons. The minimum Gasteiger partial charge on any atom is -0.352 e. The Hall–Kier alpha value is -3.58. The maximum atomic E-state index is 12.5. The molecule has 4 aromatic rings. The lowest BCUT2D eigenvalue weighted by atomic mass is 10.2. The third kappa shape index (κ3) is 4.17. The predicted octanol–water partition coefficient (Wildman–Crippen LogP) is 2.16. The van der Waals surface area contributed by atoms with Gasteiger partial charge in [-0.05, 0) is 32.8 Å². The van der Waals surface area contributed by atoms with Gasteiger partial charge in [0.15, 0.2) is 11.6 Å². The SMILES string of the molecule is CC(C)n1nc(N2CCNCC2)c2cnc(Nc3ccnc(-c4cnn(S(=O)(=O)C5CC5)c4)n3)cc21. The minimum absolute atomic E-state index is 0.188. The van der Waals surface area contributed by atoms with Crippen molar-refractivity contribution >= 4 is 38.4 Å². The van der Waals surface area contributed by atoms with Gasteiger partial charge in [0, 0.05) is 50.7 Å². The van der Waals surface area contributed by atoms with Gasteiger partial charge in [0.2, 0.25) is 0 Å². The maximum Gasteiger partial charge on any atom is 0.256 e. The lowest BCUT2D eigenvalue weighted by Crippen LogP contribution is -2.43. The van der Waals surface area contributed by atoms with E-state index in [4.69, 9.17) is 5.10 Å². The van der Waals surface area contributed by atoms with Crippen molar-refractivity contribution in [3.8, 4) is 11.4 Å². The summed E-state index contributed by atoms with van der Waals surface area (Å²) in [7, 11) is -3.44. The van der Waals surface area contributed by atoms with Crippen LogP contribution in [0.25, 0.3) is 22.3 Å². The van der Waals surface area contributed by atoms with Gasteiger partial charge in [0.25, 0.3) is 10.0 Å². The highest BCUT2D eigenvalue weighted by Crippen LogP contribution is 2.31. The number of hydrogen-bond donors (Lipinski definition) is 2. The normalized spacial score (nSPS) is 16.7. The molecule has 1 saturated heterocycles. The van der Waals surface area contributed by atoms with E-state index in [0.717, 1.165) is 47.0 Å². The topological polar surface area (TPSA) is 136 Å². The molecule has 36 heavy (non-hydrogen) atoms. The molecular weight excluding hydrogens is 480 g/mol. The van der Waals surface area contributed by atoms with E-state index < -0.39 is 10.0 Å². The highest BCUT2D eigenvalue weighted by atomic mass is 32.2. The molecule has 1 aliphatic carbocycles. The first kappa shape index (κ1) is 22.9. The summed E-state index contributed by atoms with van der Waals surface area (Å²) in [5, 5.41) is 16.3. The van der Waals surface area contributed by atoms with Crippen LogP contribution in [0.2, 0.25) is 0 Å². The molecule has 13 heteroatoms. The summed E-state index contributed by atoms with van der Waals surface area (Å²) in [6.45, 7) is 7.91. The van der Waals surface area contributed by atoms with Crippen molar-refractivity contribution < 1.29 is 8.42 Å². The van der Waals surface area contributed by atoms with Gasteiger partial charge in [-0.15, -0.1) is 0 Å². The van der Waals surface area contributed by atoms with Crippen molar-refractivity contribution in [2.24, 2.45) is 0 Å². The quantitative estimate of drug-likeness (QED) is 0.382. The largest absolute Gasteiger partial charge is 0.352 e. The van der Waals surface area contributed by atoms with Crippen LogP contribution in [-0.4, -0.2) is 73.8 Å². The van der Waals surface area contributed by atoms with Crippen molar-refractivity contribution in [3.05, 3.63) is 36.9 Å². The molecule has 0 spiro atoms. The predicted molar refractivity (Wildman–Crippen MR) is 137 cm³/mol. The van der Waals surface area contributed by atoms with Crippen LogP contribution in [0.15, 0.2) is 36.9 Å². The van der Waals surface area contributed by atoms with E-state index in [2.05, 4.69) is 49.4 Å². The fourth-order valence-electron chi connectivity index (χ4n) is 4.37. The fourth-order valence-corrected chi connectivity index (χ4v) is 5.84. The zero-order valence-corrected chi connectivity index (χ0v) is 21.0. The summed E-state index contributed by atoms with van der Waals surface area (Å²) in [6.07, 6.45) is 7.78. The van der Waals surface area contributed by atoms with Crippen molar-refractivity contribution in [2.45, 2.75) is 38.0 Å². The van der Waals surface area contributed by atoms with Crippen LogP contribution in [0.4, 0.5) is 17.5 Å². The third-order valence-corrected chi connectivity index (χ3v) is 8.45. The number of piperazine rings is 1. The number of pyridine rings is 1. The smallest absolute Gasteiger partial charge is 0.256 e. The van der Waals surface area contributed by atoms with Crippen molar-refractivity contribution in [1.82, 2.24) is 39.2 Å². The molecule has 0 unspecified atom stereocenters. The molecule has 0 bridgehead atoms. The van der Waals surface area contributed by atoms with E-state index >= 15 is 0 Å². The van der Waals surface area contributed by atoms with E-state index in [9.17, 15) is 8.42 Å². The Morgan fingerprint density at radius 1 is 1.11 bits per heavy atom. The Morgan fingerprint density at radius 3 is 2.67 bits per heavy atom. The lowest BCUT2D eigenvalue weighted by Gasteiger charge is -2.27. The summed E-state index contributed by atoms with van der Waals surface area (Å²) in [5.41, 5.74) is 1.53. The monoisotopic (exact) mass is 508 g/mol. The van der Waals surface area contributed by atoms with Crippen LogP contribution in [0, 0.1) is 0 Å². The number of nitrogens with one attached hydrogen (secondary N) is 2. The van der Waals surface area contributed by atoms with Crippen LogP contribution in [0.1, 0.15) is 32.7 Å². The summed E-state index contributed by atoms with van der Waals surface area (Å²) in [4.78, 5) is 15.8. The van der Waals surface area contributed by atoms with Crippen LogP contribution >= 0.6 is 0 Å². The molecule has 4 aromatic heterocycles. The minimum atomic E-state index is -3.44. The Kier molecular flexibility index (Phi) is 5.60. The van der Waals surface area contributed by atoms with Gasteiger partial charge in [0.1, 0.15) is 11.6 Å². The van der Waals surface area contributed by atoms with Gasteiger partial charge in [-0.25, -0.2) is 23.4 Å². The van der Waals surface area contributed by atoms with E-state index in [1.165, 1.54) is 12.4 Å². The summed E-state index contributed by atoms with van der Waals surface area (Å²) in [5.74, 6) is 2.52. The van der Waals surface area contributed by atoms with E-state index in [1.54, 1.807) is 12.3 Å². The van der Waals surface area contributed by atoms with Crippen molar-refractivity contribution in [3.63, 3.8) is 0 Å². The second kappa shape index (κ2) is 8.82. The second-order valence-electron chi connectivity index (χ2n) is 9.42. The van der Waals surface area contributed by atoms with Crippen LogP contribution in [-0.2, 0) is 10.0 Å². The average molecular weight is 509 g/mol. The Bertz CT molecular complexity index is 1520. The van der Waals surface area contributed by atoms with Gasteiger partial charge in [0.05, 0.1) is 34.1 Å². The number of rotatable bonds is 7. The second-order valence-corrected chi connectivity index (χ2v) is 11.5. The van der Waals surface area contributed by atoms with Gasteiger partial charge in [-0.3, -0.25) is 4.68 Å². The van der Waals surface area contributed by atoms with E-state index in [0.29, 0.717) is 35.9 Å². The molecule has 1 aliphatic heterocycles. The first-order valence-corrected chi connectivity index (χ1v) is 13.6. The fraction of sp³-hybridized carbons (Fsp3) is 0.435. The Morgan fingerprint density at radius 2 is 1.92 bits per heavy atom. The number of nitrogens with zero attached hydrogens (tertiary/aromatic N) is 8. The molecule has 1 saturated carbocycles. The summed E-state index contributed by atoms with van der Waals surface area (Å²) >= 11 is 0. The zero-order chi connectivity index (χ0) is 24.9. The third-order valence-electron chi connectivity index (χ3n) is 6.41. The number of anilines is 3. The standard InChI is InChI=1S/C23H28N10O2S/c1-15(2)33-19-11-21(26-13-18(19)23(30-33)31-9-7-24-8-10-31)28-20-5-6-25-22(29-20)16-12-27-32(14-16)36(34,35)17-3-4-17/h5-6,11-15,17,24H,3-4,7-10H2,1-2H3,(H,25,26,28,29). The molecule has 0 aromatic carbocycles. The van der Waals surface area contributed by atoms with Crippen LogP contribution in [0.3, 0.4) is 0 Å². The number of hydrogen-bond acceptors (Lipinski definition) is 10. The van der Waals surface area contributed by atoms with Gasteiger partial charge in [-0.2, -0.15) is 14.3 Å². The zero-order valence-electron chi connectivity index (χ0n) is 20.2. The molecular formula is C23H28N10O2S. The molecule has 6 rings (SSSR count). The van der Waals surface area contributed by atoms with Gasteiger partial charge < -0.3 is 15.5 Å². The molecule has 5 heterocycles. The summed E-state index contributed by atoms with van der Waals surface area (Å²) in [6, 6.07) is 3.91. The van der Waals surface area contributed by atoms with Crippen molar-refractivity contribution in [1.29, 1.82) is 0 Å². The summed E-state index contributed by atoms with van der Waals surface area (Å²) < 4.78 is 28.0. The molecule has 0 atom stereocenters.